The summed E-state index contributed by atoms with van der Waals surface area (Å²) in [4.78, 5) is 11.9. The molecule has 0 bridgehead atoms. The van der Waals surface area contributed by atoms with Crippen LogP contribution in [0.3, 0.4) is 0 Å². The molecule has 5 heteroatoms. The Hall–Kier alpha value is -1.75. The van der Waals surface area contributed by atoms with Crippen LogP contribution in [0.5, 0.6) is 11.5 Å². The number of nitrogens with one attached hydrogen (secondary N) is 1. The summed E-state index contributed by atoms with van der Waals surface area (Å²) in [5, 5.41) is 2.83. The third-order valence-electron chi connectivity index (χ3n) is 3.05. The first-order chi connectivity index (χ1) is 9.39. The Balaban J connectivity index is 1.97. The fraction of sp³-hybridized carbons (Fsp3) is 0.533. The van der Waals surface area contributed by atoms with Crippen LogP contribution in [0, 0.1) is 0 Å². The van der Waals surface area contributed by atoms with Crippen LogP contribution in [0.25, 0.3) is 0 Å². The molecule has 1 aliphatic heterocycles. The average molecular weight is 278 g/mol. The van der Waals surface area contributed by atoms with E-state index in [2.05, 4.69) is 12.2 Å². The monoisotopic (exact) mass is 278 g/mol. The molecular weight excluding hydrogens is 256 g/mol. The summed E-state index contributed by atoms with van der Waals surface area (Å²) in [7, 11) is 0. The highest BCUT2D eigenvalue weighted by Gasteiger charge is 2.31. The highest BCUT2D eigenvalue weighted by Crippen LogP contribution is 2.40. The van der Waals surface area contributed by atoms with Crippen LogP contribution < -0.4 is 20.5 Å². The number of hydrogen-bond acceptors (Lipinski definition) is 4. The lowest BCUT2D eigenvalue weighted by atomic mass is 10.1. The molecule has 0 saturated heterocycles. The number of amides is 1. The van der Waals surface area contributed by atoms with Crippen LogP contribution in [0.15, 0.2) is 18.2 Å². The van der Waals surface area contributed by atoms with E-state index in [0.29, 0.717) is 23.6 Å². The third kappa shape index (κ3) is 3.63. The van der Waals surface area contributed by atoms with Gasteiger partial charge >= 0.3 is 0 Å². The number of carbonyl (C=O) groups is 1. The third-order valence-corrected chi connectivity index (χ3v) is 3.05. The van der Waals surface area contributed by atoms with Gasteiger partial charge in [0.1, 0.15) is 0 Å². The molecule has 0 spiro atoms. The highest BCUT2D eigenvalue weighted by atomic mass is 16.7. The number of ether oxygens (including phenoxy) is 2. The normalized spacial score (nSPS) is 16.8. The van der Waals surface area contributed by atoms with Crippen LogP contribution in [0.1, 0.15) is 40.0 Å². The van der Waals surface area contributed by atoms with Gasteiger partial charge < -0.3 is 20.5 Å². The molecular formula is C15H22N2O3. The highest BCUT2D eigenvalue weighted by molar-refractivity contribution is 5.91. The van der Waals surface area contributed by atoms with Crippen molar-refractivity contribution in [2.75, 3.05) is 5.32 Å². The van der Waals surface area contributed by atoms with E-state index in [9.17, 15) is 4.79 Å². The molecule has 0 saturated carbocycles. The smallest absolute Gasteiger partial charge is 0.246 e. The zero-order valence-corrected chi connectivity index (χ0v) is 12.2. The number of rotatable bonds is 5. The quantitative estimate of drug-likeness (QED) is 0.868. The Labute approximate surface area is 119 Å². The lowest BCUT2D eigenvalue weighted by Gasteiger charge is -2.16. The molecule has 5 nitrogen and oxygen atoms in total. The predicted octanol–water partition coefficient (Wildman–Crippen LogP) is 2.65. The van der Waals surface area contributed by atoms with Crippen molar-refractivity contribution in [2.24, 2.45) is 5.73 Å². The van der Waals surface area contributed by atoms with Gasteiger partial charge in [0.25, 0.3) is 0 Å². The van der Waals surface area contributed by atoms with E-state index < -0.39 is 5.79 Å². The summed E-state index contributed by atoms with van der Waals surface area (Å²) >= 11 is 0. The Morgan fingerprint density at radius 3 is 2.75 bits per heavy atom. The van der Waals surface area contributed by atoms with Gasteiger partial charge in [-0.15, -0.1) is 0 Å². The molecule has 3 N–H and O–H groups in total. The lowest BCUT2D eigenvalue weighted by molar-refractivity contribution is -0.116. The van der Waals surface area contributed by atoms with Crippen molar-refractivity contribution in [3.63, 3.8) is 0 Å². The summed E-state index contributed by atoms with van der Waals surface area (Å²) in [5.41, 5.74) is 6.55. The molecule has 110 valence electrons. The molecule has 1 aromatic carbocycles. The molecule has 1 heterocycles. The fourth-order valence-electron chi connectivity index (χ4n) is 2.22. The van der Waals surface area contributed by atoms with Crippen molar-refractivity contribution in [3.05, 3.63) is 18.2 Å². The number of nitrogens with two attached hydrogens (primary N) is 1. The maximum atomic E-state index is 11.9. The van der Waals surface area contributed by atoms with Crippen LogP contribution >= 0.6 is 0 Å². The van der Waals surface area contributed by atoms with Crippen molar-refractivity contribution >= 4 is 11.6 Å². The van der Waals surface area contributed by atoms with E-state index in [1.54, 1.807) is 18.2 Å². The number of carbonyl (C=O) groups excluding carboxylic acids is 1. The number of benzene rings is 1. The lowest BCUT2D eigenvalue weighted by Crippen LogP contribution is -2.29. The molecule has 0 radical (unpaired) electrons. The second-order valence-corrected chi connectivity index (χ2v) is 5.57. The number of fused-ring (bicyclic) bond motifs is 1. The zero-order valence-electron chi connectivity index (χ0n) is 12.2. The molecule has 1 amide bonds. The van der Waals surface area contributed by atoms with Gasteiger partial charge in [-0.2, -0.15) is 0 Å². The van der Waals surface area contributed by atoms with Crippen molar-refractivity contribution in [3.8, 4) is 11.5 Å². The Kier molecular flexibility index (Phi) is 4.18. The zero-order chi connectivity index (χ0) is 14.8. The van der Waals surface area contributed by atoms with E-state index >= 15 is 0 Å². The van der Waals surface area contributed by atoms with Gasteiger partial charge in [0.15, 0.2) is 11.5 Å². The van der Waals surface area contributed by atoms with Crippen LogP contribution in [-0.4, -0.2) is 17.7 Å². The van der Waals surface area contributed by atoms with E-state index in [0.717, 1.165) is 12.8 Å². The maximum Gasteiger partial charge on any atom is 0.246 e. The maximum absolute atomic E-state index is 11.9. The number of hydrogen-bond donors (Lipinski definition) is 2. The van der Waals surface area contributed by atoms with E-state index in [4.69, 9.17) is 15.2 Å². The first-order valence-corrected chi connectivity index (χ1v) is 6.97. The minimum Gasteiger partial charge on any atom is -0.449 e. The second kappa shape index (κ2) is 5.71. The minimum atomic E-state index is -0.658. The average Bonchev–Trinajstić information content (AvgIpc) is 2.62. The molecule has 0 aromatic heterocycles. The largest absolute Gasteiger partial charge is 0.449 e. The SMILES string of the molecule is CCCC(N)CC(=O)Nc1ccc2c(c1)OC(C)(C)O2. The molecule has 0 fully saturated rings. The van der Waals surface area contributed by atoms with Gasteiger partial charge in [0.05, 0.1) is 0 Å². The van der Waals surface area contributed by atoms with Gasteiger partial charge in [-0.25, -0.2) is 0 Å². The summed E-state index contributed by atoms with van der Waals surface area (Å²) < 4.78 is 11.2. The summed E-state index contributed by atoms with van der Waals surface area (Å²) in [6.45, 7) is 5.74. The first kappa shape index (κ1) is 14.7. The van der Waals surface area contributed by atoms with Crippen molar-refractivity contribution in [2.45, 2.75) is 51.9 Å². The van der Waals surface area contributed by atoms with E-state index in [1.807, 2.05) is 13.8 Å². The Morgan fingerprint density at radius 1 is 1.35 bits per heavy atom. The standard InChI is InChI=1S/C15H22N2O3/c1-4-5-10(16)8-14(18)17-11-6-7-12-13(9-11)20-15(2,3)19-12/h6-7,9-10H,4-5,8,16H2,1-3H3,(H,17,18). The fourth-order valence-corrected chi connectivity index (χ4v) is 2.22. The minimum absolute atomic E-state index is 0.0796. The molecule has 1 aliphatic rings. The van der Waals surface area contributed by atoms with Crippen molar-refractivity contribution in [1.82, 2.24) is 0 Å². The molecule has 0 aliphatic carbocycles. The molecule has 20 heavy (non-hydrogen) atoms. The van der Waals surface area contributed by atoms with Crippen LogP contribution in [-0.2, 0) is 4.79 Å². The van der Waals surface area contributed by atoms with E-state index in [1.165, 1.54) is 0 Å². The van der Waals surface area contributed by atoms with Gasteiger partial charge in [-0.05, 0) is 18.6 Å². The Bertz CT molecular complexity index is 500. The van der Waals surface area contributed by atoms with Crippen molar-refractivity contribution in [1.29, 1.82) is 0 Å². The van der Waals surface area contributed by atoms with Gasteiger partial charge in [-0.3, -0.25) is 4.79 Å². The van der Waals surface area contributed by atoms with Crippen molar-refractivity contribution < 1.29 is 14.3 Å². The number of anilines is 1. The van der Waals surface area contributed by atoms with Gasteiger partial charge in [-0.1, -0.05) is 13.3 Å². The molecule has 1 unspecified atom stereocenters. The van der Waals surface area contributed by atoms with Crippen LogP contribution in [0.2, 0.25) is 0 Å². The second-order valence-electron chi connectivity index (χ2n) is 5.57. The summed E-state index contributed by atoms with van der Waals surface area (Å²) in [5.74, 6) is 0.597. The molecule has 1 atom stereocenters. The molecule has 1 aromatic rings. The van der Waals surface area contributed by atoms with Crippen LogP contribution in [0.4, 0.5) is 5.69 Å². The topological polar surface area (TPSA) is 73.6 Å². The van der Waals surface area contributed by atoms with E-state index in [-0.39, 0.29) is 11.9 Å². The summed E-state index contributed by atoms with van der Waals surface area (Å²) in [6, 6.07) is 5.28. The predicted molar refractivity (Wildman–Crippen MR) is 77.9 cm³/mol. The summed E-state index contributed by atoms with van der Waals surface area (Å²) in [6.07, 6.45) is 2.16. The molecule has 2 rings (SSSR count). The first-order valence-electron chi connectivity index (χ1n) is 6.97. The Morgan fingerprint density at radius 2 is 2.05 bits per heavy atom. The van der Waals surface area contributed by atoms with Gasteiger partial charge in [0, 0.05) is 38.1 Å². The van der Waals surface area contributed by atoms with Gasteiger partial charge in [0.2, 0.25) is 11.7 Å².